The van der Waals surface area contributed by atoms with E-state index in [4.69, 9.17) is 23.2 Å². The Labute approximate surface area is 172 Å². The maximum absolute atomic E-state index is 13.4. The predicted molar refractivity (Wildman–Crippen MR) is 108 cm³/mol. The van der Waals surface area contributed by atoms with E-state index in [1.54, 1.807) is 0 Å². The van der Waals surface area contributed by atoms with Gasteiger partial charge in [0.05, 0.1) is 23.2 Å². The van der Waals surface area contributed by atoms with Crippen molar-refractivity contribution < 1.29 is 14.0 Å². The van der Waals surface area contributed by atoms with Crippen molar-refractivity contribution >= 4 is 46.4 Å². The third-order valence-corrected chi connectivity index (χ3v) is 5.77. The summed E-state index contributed by atoms with van der Waals surface area (Å²) in [5.41, 5.74) is 1.39. The van der Waals surface area contributed by atoms with Crippen molar-refractivity contribution in [1.29, 1.82) is 0 Å². The number of nitrogens with zero attached hydrogens (tertiary/aromatic N) is 3. The molecule has 0 unspecified atom stereocenters. The number of amides is 2. The molecule has 2 heterocycles. The summed E-state index contributed by atoms with van der Waals surface area (Å²) in [6, 6.07) is 11.0. The zero-order valence-electron chi connectivity index (χ0n) is 14.9. The molecule has 1 atom stereocenters. The zero-order chi connectivity index (χ0) is 19.8. The lowest BCUT2D eigenvalue weighted by Gasteiger charge is -2.38. The van der Waals surface area contributed by atoms with Gasteiger partial charge >= 0.3 is 0 Å². The minimum Gasteiger partial charge on any atom is -0.369 e. The lowest BCUT2D eigenvalue weighted by Crippen LogP contribution is -2.52. The van der Waals surface area contributed by atoms with Crippen molar-refractivity contribution in [2.45, 2.75) is 12.5 Å². The van der Waals surface area contributed by atoms with E-state index >= 15 is 0 Å². The van der Waals surface area contributed by atoms with Crippen molar-refractivity contribution in [3.05, 3.63) is 58.3 Å². The number of hydrogen-bond acceptors (Lipinski definition) is 4. The van der Waals surface area contributed by atoms with Gasteiger partial charge in [0.25, 0.3) is 5.91 Å². The van der Waals surface area contributed by atoms with Gasteiger partial charge in [-0.2, -0.15) is 0 Å². The van der Waals surface area contributed by atoms with Crippen LogP contribution in [0.4, 0.5) is 15.8 Å². The average Bonchev–Trinajstić information content (AvgIpc) is 2.99. The molecule has 2 saturated heterocycles. The molecule has 5 nitrogen and oxygen atoms in total. The molecule has 2 aromatic rings. The van der Waals surface area contributed by atoms with Crippen LogP contribution in [0, 0.1) is 5.82 Å². The monoisotopic (exact) mass is 421 g/mol. The summed E-state index contributed by atoms with van der Waals surface area (Å²) >= 11 is 11.8. The van der Waals surface area contributed by atoms with Crippen LogP contribution in [0.2, 0.25) is 10.0 Å². The largest absolute Gasteiger partial charge is 0.369 e. The van der Waals surface area contributed by atoms with Gasteiger partial charge < -0.3 is 4.90 Å². The summed E-state index contributed by atoms with van der Waals surface area (Å²) in [5, 5.41) is 0.580. The topological polar surface area (TPSA) is 43.9 Å². The first kappa shape index (κ1) is 19.2. The molecule has 0 N–H and O–H groups in total. The first-order chi connectivity index (χ1) is 13.4. The number of piperazine rings is 1. The molecule has 0 aliphatic carbocycles. The van der Waals surface area contributed by atoms with E-state index in [2.05, 4.69) is 4.90 Å². The van der Waals surface area contributed by atoms with Crippen molar-refractivity contribution in [2.24, 2.45) is 0 Å². The normalized spacial score (nSPS) is 20.9. The fraction of sp³-hybridized carbons (Fsp3) is 0.300. The van der Waals surface area contributed by atoms with Gasteiger partial charge in [-0.1, -0.05) is 23.2 Å². The third-order valence-electron chi connectivity index (χ3n) is 5.23. The summed E-state index contributed by atoms with van der Waals surface area (Å²) in [7, 11) is 0. The second-order valence-electron chi connectivity index (χ2n) is 6.89. The quantitative estimate of drug-likeness (QED) is 0.710. The smallest absolute Gasteiger partial charge is 0.251 e. The Balaban J connectivity index is 1.44. The highest BCUT2D eigenvalue weighted by Crippen LogP contribution is 2.30. The highest BCUT2D eigenvalue weighted by atomic mass is 35.5. The van der Waals surface area contributed by atoms with Crippen LogP contribution in [0.15, 0.2) is 42.5 Å². The van der Waals surface area contributed by atoms with E-state index in [-0.39, 0.29) is 23.3 Å². The zero-order valence-corrected chi connectivity index (χ0v) is 16.5. The first-order valence-electron chi connectivity index (χ1n) is 9.00. The van der Waals surface area contributed by atoms with Crippen LogP contribution in [0.1, 0.15) is 6.42 Å². The van der Waals surface area contributed by atoms with E-state index in [0.717, 1.165) is 29.7 Å². The van der Waals surface area contributed by atoms with Crippen molar-refractivity contribution in [3.8, 4) is 0 Å². The van der Waals surface area contributed by atoms with Gasteiger partial charge in [-0.25, -0.2) is 9.29 Å². The molecule has 0 spiro atoms. The summed E-state index contributed by atoms with van der Waals surface area (Å²) in [4.78, 5) is 30.7. The van der Waals surface area contributed by atoms with E-state index < -0.39 is 11.9 Å². The van der Waals surface area contributed by atoms with Crippen LogP contribution in [0.3, 0.4) is 0 Å². The Bertz CT molecular complexity index is 914. The Kier molecular flexibility index (Phi) is 5.27. The van der Waals surface area contributed by atoms with Crippen LogP contribution in [-0.2, 0) is 9.59 Å². The van der Waals surface area contributed by atoms with E-state index in [1.807, 2.05) is 29.2 Å². The van der Waals surface area contributed by atoms with Gasteiger partial charge in [-0.05, 0) is 42.5 Å². The molecular formula is C20H18Cl2FN3O2. The Morgan fingerprint density at radius 3 is 2.18 bits per heavy atom. The van der Waals surface area contributed by atoms with Crippen LogP contribution in [-0.4, -0.2) is 48.9 Å². The fourth-order valence-electron chi connectivity index (χ4n) is 3.74. The number of rotatable bonds is 3. The summed E-state index contributed by atoms with van der Waals surface area (Å²) in [5.74, 6) is -1.16. The molecule has 28 heavy (non-hydrogen) atoms. The molecule has 2 amide bonds. The van der Waals surface area contributed by atoms with Gasteiger partial charge in [0.1, 0.15) is 5.82 Å². The van der Waals surface area contributed by atoms with Gasteiger partial charge in [0, 0.05) is 36.9 Å². The maximum atomic E-state index is 13.4. The van der Waals surface area contributed by atoms with Crippen LogP contribution < -0.4 is 9.80 Å². The molecular weight excluding hydrogens is 404 g/mol. The standard InChI is InChI=1S/C20H18Cl2FN3O2/c21-13-1-3-14(4-2-13)24-7-9-25(10-8-24)18-12-19(27)26(20(18)28)15-5-6-17(23)16(22)11-15/h1-6,11,18H,7-10,12H2/t18-/m1/s1. The van der Waals surface area contributed by atoms with Crippen LogP contribution >= 0.6 is 23.2 Å². The number of carbonyl (C=O) groups is 2. The molecule has 2 aliphatic heterocycles. The van der Waals surface area contributed by atoms with Gasteiger partial charge in [0.2, 0.25) is 5.91 Å². The fourth-order valence-corrected chi connectivity index (χ4v) is 4.04. The summed E-state index contributed by atoms with van der Waals surface area (Å²) < 4.78 is 13.4. The van der Waals surface area contributed by atoms with Gasteiger partial charge in [-0.15, -0.1) is 0 Å². The highest BCUT2D eigenvalue weighted by Gasteiger charge is 2.43. The van der Waals surface area contributed by atoms with Crippen molar-refractivity contribution in [2.75, 3.05) is 36.0 Å². The second-order valence-corrected chi connectivity index (χ2v) is 7.73. The lowest BCUT2D eigenvalue weighted by molar-refractivity contribution is -0.123. The van der Waals surface area contributed by atoms with Crippen LogP contribution in [0.5, 0.6) is 0 Å². The number of imide groups is 1. The van der Waals surface area contributed by atoms with Crippen molar-refractivity contribution in [3.63, 3.8) is 0 Å². The lowest BCUT2D eigenvalue weighted by atomic mass is 10.1. The molecule has 2 fully saturated rings. The molecule has 2 aliphatic rings. The van der Waals surface area contributed by atoms with Crippen LogP contribution in [0.25, 0.3) is 0 Å². The number of anilines is 2. The number of benzene rings is 2. The predicted octanol–water partition coefficient (Wildman–Crippen LogP) is 3.59. The Morgan fingerprint density at radius 1 is 0.893 bits per heavy atom. The van der Waals surface area contributed by atoms with E-state index in [9.17, 15) is 14.0 Å². The molecule has 0 bridgehead atoms. The SMILES string of the molecule is O=C1C[C@@H](N2CCN(c3ccc(Cl)cc3)CC2)C(=O)N1c1ccc(F)c(Cl)c1. The molecule has 2 aromatic carbocycles. The molecule has 8 heteroatoms. The molecule has 0 saturated carbocycles. The van der Waals surface area contributed by atoms with Crippen molar-refractivity contribution in [1.82, 2.24) is 4.90 Å². The molecule has 146 valence electrons. The van der Waals surface area contributed by atoms with E-state index in [0.29, 0.717) is 23.8 Å². The third kappa shape index (κ3) is 3.60. The van der Waals surface area contributed by atoms with E-state index in [1.165, 1.54) is 12.1 Å². The summed E-state index contributed by atoms with van der Waals surface area (Å²) in [6.45, 7) is 2.85. The Hall–Kier alpha value is -2.15. The number of hydrogen-bond donors (Lipinski definition) is 0. The highest BCUT2D eigenvalue weighted by molar-refractivity contribution is 6.31. The Morgan fingerprint density at radius 2 is 1.54 bits per heavy atom. The number of carbonyl (C=O) groups excluding carboxylic acids is 2. The summed E-state index contributed by atoms with van der Waals surface area (Å²) in [6.07, 6.45) is 0.120. The molecule has 4 rings (SSSR count). The van der Waals surface area contributed by atoms with Gasteiger partial charge in [-0.3, -0.25) is 14.5 Å². The minimum atomic E-state index is -0.584. The first-order valence-corrected chi connectivity index (χ1v) is 9.76. The maximum Gasteiger partial charge on any atom is 0.251 e. The number of halogens is 3. The molecule has 0 radical (unpaired) electrons. The van der Waals surface area contributed by atoms with Gasteiger partial charge in [0.15, 0.2) is 0 Å². The molecule has 0 aromatic heterocycles. The minimum absolute atomic E-state index is 0.113. The second kappa shape index (κ2) is 7.70. The average molecular weight is 422 g/mol.